The SMILES string of the molecule is F[B-](F)(F)F.F[B-](F)(F)F.F[n+]1ccc(-c2cccc[n+]2F)cc1. The van der Waals surface area contributed by atoms with Crippen molar-refractivity contribution in [3.63, 3.8) is 0 Å². The van der Waals surface area contributed by atoms with Gasteiger partial charge >= 0.3 is 14.5 Å². The summed E-state index contributed by atoms with van der Waals surface area (Å²) < 4.78 is 104. The molecule has 2 aromatic rings. The minimum absolute atomic E-state index is 0.396. The van der Waals surface area contributed by atoms with E-state index < -0.39 is 14.5 Å². The lowest BCUT2D eigenvalue weighted by Crippen LogP contribution is -2.25. The van der Waals surface area contributed by atoms with Crippen LogP contribution in [0.15, 0.2) is 48.9 Å². The lowest BCUT2D eigenvalue weighted by molar-refractivity contribution is -0.844. The molecule has 2 nitrogen and oxygen atoms in total. The quantitative estimate of drug-likeness (QED) is 0.532. The number of pyridine rings is 2. The molecule has 0 aromatic carbocycles. The number of rotatable bonds is 1. The zero-order valence-corrected chi connectivity index (χ0v) is 11.4. The third kappa shape index (κ3) is 13.4. The average molecular weight is 368 g/mol. The second kappa shape index (κ2) is 9.13. The van der Waals surface area contributed by atoms with Crippen LogP contribution in [0.5, 0.6) is 0 Å². The fraction of sp³-hybridized carbons (Fsp3) is 0. The highest BCUT2D eigenvalue weighted by molar-refractivity contribution is 6.50. The monoisotopic (exact) mass is 368 g/mol. The van der Waals surface area contributed by atoms with Gasteiger partial charge in [-0.15, -0.1) is 0 Å². The van der Waals surface area contributed by atoms with Crippen molar-refractivity contribution < 1.29 is 53.1 Å². The summed E-state index contributed by atoms with van der Waals surface area (Å²) in [6, 6.07) is 7.94. The summed E-state index contributed by atoms with van der Waals surface area (Å²) in [5, 5.41) is 0. The van der Waals surface area contributed by atoms with Gasteiger partial charge < -0.3 is 34.5 Å². The van der Waals surface area contributed by atoms with Crippen LogP contribution in [0.4, 0.5) is 43.5 Å². The standard InChI is InChI=1S/C10H8F2N2.2BF4/c11-13-7-4-9(5-8-13)10-3-1-2-6-14(10)12;2*2-1(3,4)5/h1-8H;;/q+2;2*-1. The van der Waals surface area contributed by atoms with Gasteiger partial charge in [-0.1, -0.05) is 0 Å². The Morgan fingerprint density at radius 3 is 1.42 bits per heavy atom. The van der Waals surface area contributed by atoms with Gasteiger partial charge in [0.05, 0.1) is 14.5 Å². The van der Waals surface area contributed by atoms with Gasteiger partial charge in [-0.05, 0) is 6.07 Å². The second-order valence-corrected chi connectivity index (χ2v) is 3.82. The summed E-state index contributed by atoms with van der Waals surface area (Å²) in [6.07, 6.45) is 3.75. The average Bonchev–Trinajstić information content (AvgIpc) is 2.37. The Kier molecular flexibility index (Phi) is 8.27. The van der Waals surface area contributed by atoms with E-state index in [0.717, 1.165) is 0 Å². The van der Waals surface area contributed by atoms with Crippen LogP contribution in [0.2, 0.25) is 0 Å². The van der Waals surface area contributed by atoms with E-state index in [2.05, 4.69) is 0 Å². The molecule has 2 rings (SSSR count). The van der Waals surface area contributed by atoms with Crippen LogP contribution in [0.1, 0.15) is 0 Å². The minimum Gasteiger partial charge on any atom is -0.418 e. The van der Waals surface area contributed by atoms with Crippen molar-refractivity contribution in [1.82, 2.24) is 0 Å². The van der Waals surface area contributed by atoms with Gasteiger partial charge in [-0.3, -0.25) is 0 Å². The van der Waals surface area contributed by atoms with Crippen LogP contribution in [0, 0.1) is 0 Å². The Hall–Kier alpha value is -2.27. The van der Waals surface area contributed by atoms with E-state index in [1.165, 1.54) is 30.7 Å². The smallest absolute Gasteiger partial charge is 0.418 e. The second-order valence-electron chi connectivity index (χ2n) is 3.82. The summed E-state index contributed by atoms with van der Waals surface area (Å²) in [5.41, 5.74) is 1.02. The molecule has 2 heterocycles. The largest absolute Gasteiger partial charge is 0.673 e. The predicted molar refractivity (Wildman–Crippen MR) is 65.7 cm³/mol. The molecule has 0 aliphatic carbocycles. The molecule has 0 radical (unpaired) electrons. The van der Waals surface area contributed by atoms with Crippen LogP contribution in [0.25, 0.3) is 11.3 Å². The van der Waals surface area contributed by atoms with Gasteiger partial charge in [0.1, 0.15) is 0 Å². The predicted octanol–water partition coefficient (Wildman–Crippen LogP) is 3.99. The molecule has 0 N–H and O–H groups in total. The molecule has 0 saturated heterocycles. The van der Waals surface area contributed by atoms with Crippen molar-refractivity contribution >= 4 is 14.5 Å². The Bertz CT molecular complexity index is 590. The highest BCUT2D eigenvalue weighted by Gasteiger charge is 2.21. The minimum atomic E-state index is -6.00. The summed E-state index contributed by atoms with van der Waals surface area (Å²) in [7, 11) is -12.0. The van der Waals surface area contributed by atoms with Crippen molar-refractivity contribution in [3.8, 4) is 11.3 Å². The number of halogens is 10. The summed E-state index contributed by atoms with van der Waals surface area (Å²) in [5.74, 6) is 0. The third-order valence-electron chi connectivity index (χ3n) is 1.90. The van der Waals surface area contributed by atoms with Crippen LogP contribution in [0.3, 0.4) is 0 Å². The lowest BCUT2D eigenvalue weighted by atomic mass is 10.2. The zero-order valence-electron chi connectivity index (χ0n) is 11.4. The van der Waals surface area contributed by atoms with E-state index in [9.17, 15) is 43.5 Å². The van der Waals surface area contributed by atoms with Crippen molar-refractivity contribution in [3.05, 3.63) is 48.9 Å². The molecule has 14 heteroatoms. The molecular formula is C10H8B2F10N2. The first-order chi connectivity index (χ1) is 10.8. The van der Waals surface area contributed by atoms with Gasteiger partial charge in [0.2, 0.25) is 18.6 Å². The van der Waals surface area contributed by atoms with Crippen LogP contribution in [-0.4, -0.2) is 14.5 Å². The van der Waals surface area contributed by atoms with E-state index in [4.69, 9.17) is 0 Å². The van der Waals surface area contributed by atoms with E-state index in [1.54, 1.807) is 18.2 Å². The molecule has 134 valence electrons. The lowest BCUT2D eigenvalue weighted by Gasteiger charge is -1.94. The molecule has 0 aliphatic rings. The molecule has 0 saturated carbocycles. The van der Waals surface area contributed by atoms with E-state index in [-0.39, 0.29) is 0 Å². The summed E-state index contributed by atoms with van der Waals surface area (Å²) in [6.45, 7) is 0. The Morgan fingerprint density at radius 1 is 0.625 bits per heavy atom. The summed E-state index contributed by atoms with van der Waals surface area (Å²) in [4.78, 5) is 0.910. The maximum Gasteiger partial charge on any atom is 0.673 e. The van der Waals surface area contributed by atoms with Gasteiger partial charge in [-0.2, -0.15) is 0 Å². The van der Waals surface area contributed by atoms with Crippen LogP contribution < -0.4 is 9.58 Å². The first kappa shape index (κ1) is 21.7. The molecule has 0 amide bonds. The zero-order chi connectivity index (χ0) is 19.0. The van der Waals surface area contributed by atoms with E-state index >= 15 is 0 Å². The molecule has 0 fully saturated rings. The Morgan fingerprint density at radius 2 is 1.04 bits per heavy atom. The van der Waals surface area contributed by atoms with Crippen LogP contribution >= 0.6 is 0 Å². The number of hydrogen-bond donors (Lipinski definition) is 0. The maximum atomic E-state index is 13.2. The molecule has 0 spiro atoms. The fourth-order valence-electron chi connectivity index (χ4n) is 1.22. The molecular weight excluding hydrogens is 360 g/mol. The topological polar surface area (TPSA) is 7.76 Å². The van der Waals surface area contributed by atoms with Gasteiger partial charge in [-0.25, -0.2) is 0 Å². The van der Waals surface area contributed by atoms with Gasteiger partial charge in [0, 0.05) is 33.8 Å². The van der Waals surface area contributed by atoms with E-state index in [0.29, 0.717) is 20.8 Å². The first-order valence-electron chi connectivity index (χ1n) is 5.86. The summed E-state index contributed by atoms with van der Waals surface area (Å²) >= 11 is 0. The first-order valence-corrected chi connectivity index (χ1v) is 5.86. The normalized spacial score (nSPS) is 10.9. The molecule has 24 heavy (non-hydrogen) atoms. The van der Waals surface area contributed by atoms with Gasteiger partial charge in [0.25, 0.3) is 5.69 Å². The van der Waals surface area contributed by atoms with Gasteiger partial charge in [0.15, 0.2) is 0 Å². The number of aromatic nitrogens is 2. The van der Waals surface area contributed by atoms with Crippen molar-refractivity contribution in [2.24, 2.45) is 0 Å². The molecule has 2 aromatic heterocycles. The van der Waals surface area contributed by atoms with Crippen molar-refractivity contribution in [2.75, 3.05) is 0 Å². The van der Waals surface area contributed by atoms with E-state index in [1.807, 2.05) is 0 Å². The maximum absolute atomic E-state index is 13.2. The highest BCUT2D eigenvalue weighted by atomic mass is 19.5. The molecule has 0 bridgehead atoms. The fourth-order valence-corrected chi connectivity index (χ4v) is 1.22. The van der Waals surface area contributed by atoms with Crippen molar-refractivity contribution in [1.29, 1.82) is 0 Å². The number of nitrogens with zero attached hydrogens (tertiary/aromatic N) is 2. The van der Waals surface area contributed by atoms with Crippen LogP contribution in [-0.2, 0) is 0 Å². The highest BCUT2D eigenvalue weighted by Crippen LogP contribution is 2.12. The molecule has 0 unspecified atom stereocenters. The number of hydrogen-bond acceptors (Lipinski definition) is 0. The third-order valence-corrected chi connectivity index (χ3v) is 1.90. The Labute approximate surface area is 129 Å². The molecule has 0 aliphatic heterocycles. The van der Waals surface area contributed by atoms with Crippen molar-refractivity contribution in [2.45, 2.75) is 0 Å². The molecule has 0 atom stereocenters. The Balaban J connectivity index is 0.000000442.